The van der Waals surface area contributed by atoms with Crippen molar-refractivity contribution in [1.82, 2.24) is 29.0 Å². The molecular weight excluding hydrogens is 368 g/mol. The minimum Gasteiger partial charge on any atom is -0.327 e. The van der Waals surface area contributed by atoms with Crippen LogP contribution < -0.4 is 5.56 Å². The molecule has 1 aromatic carbocycles. The molecule has 4 heterocycles. The van der Waals surface area contributed by atoms with Gasteiger partial charge in [0.1, 0.15) is 17.0 Å². The van der Waals surface area contributed by atoms with E-state index in [9.17, 15) is 9.59 Å². The molecule has 29 heavy (non-hydrogen) atoms. The van der Waals surface area contributed by atoms with Crippen molar-refractivity contribution >= 4 is 11.6 Å². The Labute approximate surface area is 166 Å². The molecule has 0 aliphatic carbocycles. The summed E-state index contributed by atoms with van der Waals surface area (Å²) >= 11 is 0. The van der Waals surface area contributed by atoms with Crippen LogP contribution in [0.1, 0.15) is 29.1 Å². The Morgan fingerprint density at radius 1 is 1.07 bits per heavy atom. The van der Waals surface area contributed by atoms with Crippen LogP contribution in [0.4, 0.5) is 0 Å². The standard InChI is InChI=1S/C21H18N6O2/c1-14-19-23-18(15-7-3-2-4-8-15)24-27(19)12-11-25(14)20(28)16-13-22-17-9-5-6-10-26(17)21(16)29/h2-10,13-14H,11-12H2,1H3/t14-/m0/s1. The number of nitrogens with zero attached hydrogens (tertiary/aromatic N) is 6. The van der Waals surface area contributed by atoms with E-state index in [-0.39, 0.29) is 23.1 Å². The lowest BCUT2D eigenvalue weighted by Gasteiger charge is -2.32. The topological polar surface area (TPSA) is 85.4 Å². The summed E-state index contributed by atoms with van der Waals surface area (Å²) in [5.74, 6) is 0.996. The van der Waals surface area contributed by atoms with Crippen LogP contribution in [-0.4, -0.2) is 41.5 Å². The van der Waals surface area contributed by atoms with Gasteiger partial charge in [0.15, 0.2) is 5.82 Å². The summed E-state index contributed by atoms with van der Waals surface area (Å²) in [6.45, 7) is 2.87. The van der Waals surface area contributed by atoms with Gasteiger partial charge in [-0.3, -0.25) is 14.0 Å². The first kappa shape index (κ1) is 17.3. The lowest BCUT2D eigenvalue weighted by molar-refractivity contribution is 0.0628. The van der Waals surface area contributed by atoms with Crippen LogP contribution in [0.3, 0.4) is 0 Å². The molecule has 8 nitrogen and oxygen atoms in total. The van der Waals surface area contributed by atoms with Gasteiger partial charge < -0.3 is 4.90 Å². The largest absolute Gasteiger partial charge is 0.327 e. The van der Waals surface area contributed by atoms with E-state index < -0.39 is 0 Å². The SMILES string of the molecule is C[C@H]1c2nc(-c3ccccc3)nn2CCN1C(=O)c1cnc2ccccn2c1=O. The van der Waals surface area contributed by atoms with Gasteiger partial charge in [-0.25, -0.2) is 14.6 Å². The number of pyridine rings is 1. The van der Waals surface area contributed by atoms with Crippen molar-refractivity contribution in [3.8, 4) is 11.4 Å². The zero-order chi connectivity index (χ0) is 20.0. The van der Waals surface area contributed by atoms with E-state index in [1.165, 1.54) is 10.6 Å². The number of aromatic nitrogens is 5. The molecule has 0 unspecified atom stereocenters. The Morgan fingerprint density at radius 3 is 2.69 bits per heavy atom. The first-order valence-corrected chi connectivity index (χ1v) is 9.41. The number of benzene rings is 1. The van der Waals surface area contributed by atoms with E-state index in [0.717, 1.165) is 5.56 Å². The van der Waals surface area contributed by atoms with Crippen molar-refractivity contribution in [2.75, 3.05) is 6.54 Å². The quantitative estimate of drug-likeness (QED) is 0.527. The van der Waals surface area contributed by atoms with E-state index >= 15 is 0 Å². The molecule has 0 radical (unpaired) electrons. The Balaban J connectivity index is 1.50. The molecule has 144 valence electrons. The highest BCUT2D eigenvalue weighted by atomic mass is 16.2. The van der Waals surface area contributed by atoms with Crippen molar-refractivity contribution in [2.24, 2.45) is 0 Å². The zero-order valence-electron chi connectivity index (χ0n) is 15.8. The molecule has 1 atom stereocenters. The minimum absolute atomic E-state index is 0.0526. The van der Waals surface area contributed by atoms with Crippen LogP contribution in [0.5, 0.6) is 0 Å². The minimum atomic E-state index is -0.371. The van der Waals surface area contributed by atoms with Crippen molar-refractivity contribution in [1.29, 1.82) is 0 Å². The average molecular weight is 386 g/mol. The van der Waals surface area contributed by atoms with Crippen LogP contribution >= 0.6 is 0 Å². The fourth-order valence-electron chi connectivity index (χ4n) is 3.68. The van der Waals surface area contributed by atoms with Crippen molar-refractivity contribution < 1.29 is 4.79 Å². The summed E-state index contributed by atoms with van der Waals surface area (Å²) in [7, 11) is 0. The normalized spacial score (nSPS) is 16.0. The maximum absolute atomic E-state index is 13.2. The number of hydrogen-bond donors (Lipinski definition) is 0. The fraction of sp³-hybridized carbons (Fsp3) is 0.190. The lowest BCUT2D eigenvalue weighted by Crippen LogP contribution is -2.43. The molecule has 0 spiro atoms. The van der Waals surface area contributed by atoms with Gasteiger partial charge in [0.2, 0.25) is 0 Å². The second kappa shape index (κ2) is 6.66. The number of carbonyl (C=O) groups excluding carboxylic acids is 1. The Bertz CT molecular complexity index is 1280. The highest BCUT2D eigenvalue weighted by Crippen LogP contribution is 2.27. The summed E-state index contributed by atoms with van der Waals surface area (Å²) in [4.78, 5) is 36.5. The zero-order valence-corrected chi connectivity index (χ0v) is 15.8. The van der Waals surface area contributed by atoms with Crippen LogP contribution in [-0.2, 0) is 6.54 Å². The van der Waals surface area contributed by atoms with Gasteiger partial charge in [-0.2, -0.15) is 5.10 Å². The Morgan fingerprint density at radius 2 is 1.86 bits per heavy atom. The van der Waals surface area contributed by atoms with E-state index in [4.69, 9.17) is 0 Å². The Hall–Kier alpha value is -3.81. The lowest BCUT2D eigenvalue weighted by atomic mass is 10.1. The predicted molar refractivity (Wildman–Crippen MR) is 106 cm³/mol. The van der Waals surface area contributed by atoms with Crippen molar-refractivity contribution in [3.05, 3.63) is 82.7 Å². The molecule has 4 aromatic rings. The van der Waals surface area contributed by atoms with Crippen LogP contribution in [0.25, 0.3) is 17.0 Å². The number of rotatable bonds is 2. The number of hydrogen-bond acceptors (Lipinski definition) is 5. The second-order valence-corrected chi connectivity index (χ2v) is 6.96. The summed E-state index contributed by atoms with van der Waals surface area (Å²) in [6.07, 6.45) is 2.98. The molecule has 3 aromatic heterocycles. The maximum atomic E-state index is 13.2. The first-order chi connectivity index (χ1) is 14.1. The number of carbonyl (C=O) groups is 1. The molecule has 1 amide bonds. The Kier molecular flexibility index (Phi) is 3.97. The summed E-state index contributed by atoms with van der Waals surface area (Å²) < 4.78 is 3.22. The van der Waals surface area contributed by atoms with Crippen molar-refractivity contribution in [3.63, 3.8) is 0 Å². The molecule has 0 saturated carbocycles. The molecule has 8 heteroatoms. The van der Waals surface area contributed by atoms with E-state index in [1.54, 1.807) is 29.3 Å². The molecule has 0 fully saturated rings. The average Bonchev–Trinajstić information content (AvgIpc) is 3.20. The molecule has 0 saturated heterocycles. The van der Waals surface area contributed by atoms with Gasteiger partial charge in [0.05, 0.1) is 12.6 Å². The molecule has 0 bridgehead atoms. The third kappa shape index (κ3) is 2.80. The van der Waals surface area contributed by atoms with Crippen LogP contribution in [0.15, 0.2) is 65.7 Å². The second-order valence-electron chi connectivity index (χ2n) is 6.96. The first-order valence-electron chi connectivity index (χ1n) is 9.41. The fourth-order valence-corrected chi connectivity index (χ4v) is 3.68. The third-order valence-corrected chi connectivity index (χ3v) is 5.23. The molecule has 1 aliphatic rings. The van der Waals surface area contributed by atoms with E-state index in [0.29, 0.717) is 30.4 Å². The monoisotopic (exact) mass is 386 g/mol. The van der Waals surface area contributed by atoms with Gasteiger partial charge in [-0.15, -0.1) is 0 Å². The summed E-state index contributed by atoms with van der Waals surface area (Å²) in [6, 6.07) is 14.7. The van der Waals surface area contributed by atoms with Gasteiger partial charge >= 0.3 is 0 Å². The molecule has 0 N–H and O–H groups in total. The van der Waals surface area contributed by atoms with E-state index in [1.807, 2.05) is 41.9 Å². The summed E-state index contributed by atoms with van der Waals surface area (Å²) in [5, 5.41) is 4.59. The highest BCUT2D eigenvalue weighted by molar-refractivity contribution is 5.94. The third-order valence-electron chi connectivity index (χ3n) is 5.23. The molecule has 5 rings (SSSR count). The van der Waals surface area contributed by atoms with Gasteiger partial charge in [-0.1, -0.05) is 36.4 Å². The van der Waals surface area contributed by atoms with Crippen molar-refractivity contribution in [2.45, 2.75) is 19.5 Å². The molecular formula is C21H18N6O2. The maximum Gasteiger partial charge on any atom is 0.270 e. The molecule has 1 aliphatic heterocycles. The van der Waals surface area contributed by atoms with Crippen LogP contribution in [0, 0.1) is 0 Å². The van der Waals surface area contributed by atoms with Crippen LogP contribution in [0.2, 0.25) is 0 Å². The predicted octanol–water partition coefficient (Wildman–Crippen LogP) is 2.17. The van der Waals surface area contributed by atoms with Gasteiger partial charge in [-0.05, 0) is 19.1 Å². The number of amides is 1. The highest BCUT2D eigenvalue weighted by Gasteiger charge is 2.32. The number of fused-ring (bicyclic) bond motifs is 2. The van der Waals surface area contributed by atoms with Gasteiger partial charge in [0, 0.05) is 24.5 Å². The van der Waals surface area contributed by atoms with Gasteiger partial charge in [0.25, 0.3) is 11.5 Å². The van der Waals surface area contributed by atoms with E-state index in [2.05, 4.69) is 15.1 Å². The smallest absolute Gasteiger partial charge is 0.270 e. The summed E-state index contributed by atoms with van der Waals surface area (Å²) in [5.41, 5.74) is 1.12.